The highest BCUT2D eigenvalue weighted by Crippen LogP contribution is 2.17. The van der Waals surface area contributed by atoms with Crippen LogP contribution in [0.1, 0.15) is 50.9 Å². The Balaban J connectivity index is 2.02. The second-order valence-electron chi connectivity index (χ2n) is 5.37. The molecule has 0 saturated carbocycles. The molecule has 1 unspecified atom stereocenters. The van der Waals surface area contributed by atoms with Gasteiger partial charge in [0.15, 0.2) is 0 Å². The molecule has 0 radical (unpaired) electrons. The van der Waals surface area contributed by atoms with E-state index < -0.39 is 0 Å². The van der Waals surface area contributed by atoms with Gasteiger partial charge < -0.3 is 5.32 Å². The fourth-order valence-corrected chi connectivity index (χ4v) is 2.73. The number of piperidine rings is 1. The van der Waals surface area contributed by atoms with Crippen LogP contribution in [0.4, 0.5) is 0 Å². The van der Waals surface area contributed by atoms with Crippen LogP contribution in [-0.4, -0.2) is 22.4 Å². The zero-order valence-corrected chi connectivity index (χ0v) is 11.9. The van der Waals surface area contributed by atoms with Crippen molar-refractivity contribution in [2.24, 2.45) is 0 Å². The Hall–Kier alpha value is -1.09. The fraction of sp³-hybridized carbons (Fsp3) is 0.667. The van der Waals surface area contributed by atoms with Crippen LogP contribution >= 0.6 is 0 Å². The first-order valence-electron chi connectivity index (χ1n) is 7.14. The van der Waals surface area contributed by atoms with Crippen LogP contribution in [0.15, 0.2) is 11.6 Å². The summed E-state index contributed by atoms with van der Waals surface area (Å²) in [6, 6.07) is 2.84. The molecule has 3 heteroatoms. The normalized spacial score (nSPS) is 21.3. The van der Waals surface area contributed by atoms with Crippen LogP contribution in [0.25, 0.3) is 6.08 Å². The molecule has 1 saturated heterocycles. The zero-order chi connectivity index (χ0) is 13.0. The van der Waals surface area contributed by atoms with E-state index >= 15 is 0 Å². The summed E-state index contributed by atoms with van der Waals surface area (Å²) in [4.78, 5) is 0. The Labute approximate surface area is 110 Å². The number of hydrogen-bond acceptors (Lipinski definition) is 2. The van der Waals surface area contributed by atoms with E-state index in [4.69, 9.17) is 0 Å². The SMILES string of the molecule is CCn1nc(C)cc1/C=C(/C)CC1CCCCN1. The lowest BCUT2D eigenvalue weighted by atomic mass is 9.98. The van der Waals surface area contributed by atoms with Crippen LogP contribution < -0.4 is 5.32 Å². The third-order valence-corrected chi connectivity index (χ3v) is 3.61. The molecular formula is C15H25N3. The molecule has 0 amide bonds. The average molecular weight is 247 g/mol. The van der Waals surface area contributed by atoms with Crippen LogP contribution in [-0.2, 0) is 6.54 Å². The van der Waals surface area contributed by atoms with Crippen molar-refractivity contribution in [2.45, 2.75) is 59.0 Å². The Morgan fingerprint density at radius 3 is 3.06 bits per heavy atom. The van der Waals surface area contributed by atoms with E-state index in [1.807, 2.05) is 0 Å². The molecule has 3 nitrogen and oxygen atoms in total. The zero-order valence-electron chi connectivity index (χ0n) is 11.9. The topological polar surface area (TPSA) is 29.9 Å². The summed E-state index contributed by atoms with van der Waals surface area (Å²) in [6.07, 6.45) is 7.48. The van der Waals surface area contributed by atoms with Crippen molar-refractivity contribution in [2.75, 3.05) is 6.54 Å². The van der Waals surface area contributed by atoms with Gasteiger partial charge in [0.05, 0.1) is 11.4 Å². The summed E-state index contributed by atoms with van der Waals surface area (Å²) in [5.41, 5.74) is 3.79. The molecular weight excluding hydrogens is 222 g/mol. The van der Waals surface area contributed by atoms with Gasteiger partial charge in [0.25, 0.3) is 0 Å². The summed E-state index contributed by atoms with van der Waals surface area (Å²) in [7, 11) is 0. The number of nitrogens with zero attached hydrogens (tertiary/aromatic N) is 2. The lowest BCUT2D eigenvalue weighted by Crippen LogP contribution is -2.33. The molecule has 0 aromatic carbocycles. The fourth-order valence-electron chi connectivity index (χ4n) is 2.73. The van der Waals surface area contributed by atoms with E-state index in [0.29, 0.717) is 6.04 Å². The highest BCUT2D eigenvalue weighted by atomic mass is 15.3. The molecule has 100 valence electrons. The van der Waals surface area contributed by atoms with E-state index in [2.05, 4.69) is 48.0 Å². The minimum Gasteiger partial charge on any atom is -0.314 e. The van der Waals surface area contributed by atoms with Gasteiger partial charge in [0.1, 0.15) is 0 Å². The summed E-state index contributed by atoms with van der Waals surface area (Å²) in [5.74, 6) is 0. The third-order valence-electron chi connectivity index (χ3n) is 3.61. The van der Waals surface area contributed by atoms with Gasteiger partial charge >= 0.3 is 0 Å². The molecule has 1 N–H and O–H groups in total. The van der Waals surface area contributed by atoms with Crippen molar-refractivity contribution in [3.63, 3.8) is 0 Å². The average Bonchev–Trinajstić information content (AvgIpc) is 2.70. The molecule has 2 heterocycles. The minimum absolute atomic E-state index is 0.675. The molecule has 18 heavy (non-hydrogen) atoms. The monoisotopic (exact) mass is 247 g/mol. The predicted octanol–water partition coefficient (Wildman–Crippen LogP) is 3.15. The van der Waals surface area contributed by atoms with E-state index in [0.717, 1.165) is 18.7 Å². The summed E-state index contributed by atoms with van der Waals surface area (Å²) in [6.45, 7) is 8.56. The predicted molar refractivity (Wildman–Crippen MR) is 76.5 cm³/mol. The van der Waals surface area contributed by atoms with Gasteiger partial charge in [-0.05, 0) is 58.7 Å². The maximum atomic E-state index is 4.49. The third kappa shape index (κ3) is 3.45. The highest BCUT2D eigenvalue weighted by Gasteiger charge is 2.12. The second-order valence-corrected chi connectivity index (χ2v) is 5.37. The van der Waals surface area contributed by atoms with Gasteiger partial charge in [0, 0.05) is 12.6 Å². The largest absolute Gasteiger partial charge is 0.314 e. The molecule has 0 bridgehead atoms. The van der Waals surface area contributed by atoms with Crippen molar-refractivity contribution in [3.05, 3.63) is 23.0 Å². The Bertz CT molecular complexity index is 411. The summed E-state index contributed by atoms with van der Waals surface area (Å²) in [5, 5.41) is 8.09. The van der Waals surface area contributed by atoms with Gasteiger partial charge in [-0.1, -0.05) is 12.0 Å². The lowest BCUT2D eigenvalue weighted by Gasteiger charge is -2.23. The second kappa shape index (κ2) is 6.19. The van der Waals surface area contributed by atoms with Crippen molar-refractivity contribution >= 4 is 6.08 Å². The van der Waals surface area contributed by atoms with Crippen LogP contribution in [0.2, 0.25) is 0 Å². The van der Waals surface area contributed by atoms with Crippen molar-refractivity contribution in [1.29, 1.82) is 0 Å². The highest BCUT2D eigenvalue weighted by molar-refractivity contribution is 5.49. The van der Waals surface area contributed by atoms with E-state index in [9.17, 15) is 0 Å². The van der Waals surface area contributed by atoms with Gasteiger partial charge in [0.2, 0.25) is 0 Å². The molecule has 1 aromatic heterocycles. The van der Waals surface area contributed by atoms with Crippen molar-refractivity contribution in [1.82, 2.24) is 15.1 Å². The van der Waals surface area contributed by atoms with Gasteiger partial charge in [-0.2, -0.15) is 5.10 Å². The number of rotatable bonds is 4. The Morgan fingerprint density at radius 2 is 2.39 bits per heavy atom. The molecule has 1 atom stereocenters. The number of aryl methyl sites for hydroxylation is 2. The van der Waals surface area contributed by atoms with Crippen molar-refractivity contribution in [3.8, 4) is 0 Å². The molecule has 1 aliphatic heterocycles. The van der Waals surface area contributed by atoms with Gasteiger partial charge in [-0.3, -0.25) is 4.68 Å². The van der Waals surface area contributed by atoms with Crippen LogP contribution in [0.3, 0.4) is 0 Å². The van der Waals surface area contributed by atoms with Crippen molar-refractivity contribution < 1.29 is 0 Å². The smallest absolute Gasteiger partial charge is 0.0612 e. The Kier molecular flexibility index (Phi) is 4.59. The number of aromatic nitrogens is 2. The molecule has 0 aliphatic carbocycles. The first kappa shape index (κ1) is 13.3. The quantitative estimate of drug-likeness (QED) is 0.886. The standard InChI is InChI=1S/C15H25N3/c1-4-18-15(11-13(3)17-18)10-12(2)9-14-7-5-6-8-16-14/h10-11,14,16H,4-9H2,1-3H3/b12-10-. The van der Waals surface area contributed by atoms with Gasteiger partial charge in [-0.15, -0.1) is 0 Å². The summed E-state index contributed by atoms with van der Waals surface area (Å²) >= 11 is 0. The molecule has 1 aliphatic rings. The number of hydrogen-bond donors (Lipinski definition) is 1. The van der Waals surface area contributed by atoms with Crippen LogP contribution in [0.5, 0.6) is 0 Å². The summed E-state index contributed by atoms with van der Waals surface area (Å²) < 4.78 is 2.08. The Morgan fingerprint density at radius 1 is 1.56 bits per heavy atom. The van der Waals surface area contributed by atoms with E-state index in [1.165, 1.54) is 37.1 Å². The van der Waals surface area contributed by atoms with Gasteiger partial charge in [-0.25, -0.2) is 0 Å². The molecule has 0 spiro atoms. The molecule has 2 rings (SSSR count). The van der Waals surface area contributed by atoms with E-state index in [1.54, 1.807) is 0 Å². The first-order chi connectivity index (χ1) is 8.69. The first-order valence-corrected chi connectivity index (χ1v) is 7.14. The van der Waals surface area contributed by atoms with E-state index in [-0.39, 0.29) is 0 Å². The molecule has 1 aromatic rings. The van der Waals surface area contributed by atoms with Crippen LogP contribution in [0, 0.1) is 6.92 Å². The lowest BCUT2D eigenvalue weighted by molar-refractivity contribution is 0.399. The maximum absolute atomic E-state index is 4.49. The number of nitrogens with one attached hydrogen (secondary N) is 1. The maximum Gasteiger partial charge on any atom is 0.0612 e. The minimum atomic E-state index is 0.675. The molecule has 1 fully saturated rings.